The van der Waals surface area contributed by atoms with Crippen LogP contribution in [-0.2, 0) is 0 Å². The van der Waals surface area contributed by atoms with Crippen molar-refractivity contribution in [3.8, 4) is 5.75 Å². The van der Waals surface area contributed by atoms with E-state index in [9.17, 15) is 0 Å². The number of anilines is 2. The first-order valence-corrected chi connectivity index (χ1v) is 6.44. The van der Waals surface area contributed by atoms with Gasteiger partial charge in [-0.3, -0.25) is 0 Å². The lowest BCUT2D eigenvalue weighted by atomic mass is 10.2. The lowest BCUT2D eigenvalue weighted by Crippen LogP contribution is -2.08. The number of para-hydroxylation sites is 1. The maximum Gasteiger partial charge on any atom is 0.119 e. The summed E-state index contributed by atoms with van der Waals surface area (Å²) in [6.07, 6.45) is 2.00. The molecule has 0 heterocycles. The molecule has 2 aromatic rings. The van der Waals surface area contributed by atoms with Crippen LogP contribution in [0.15, 0.2) is 67.4 Å². The quantitative estimate of drug-likeness (QED) is 0.762. The molecule has 0 bridgehead atoms. The maximum atomic E-state index is 5.64. The predicted molar refractivity (Wildman–Crippen MR) is 81.0 cm³/mol. The van der Waals surface area contributed by atoms with E-state index in [0.717, 1.165) is 17.1 Å². The molecule has 0 saturated carbocycles. The summed E-state index contributed by atoms with van der Waals surface area (Å²) in [6, 6.07) is 18.2. The SMILES string of the molecule is C=CN(c1ccccc1)c1ccc(OC(C)C)cc1. The van der Waals surface area contributed by atoms with Crippen LogP contribution in [0.5, 0.6) is 5.75 Å². The van der Waals surface area contributed by atoms with Gasteiger partial charge in [0.2, 0.25) is 0 Å². The zero-order valence-electron chi connectivity index (χ0n) is 11.4. The van der Waals surface area contributed by atoms with Crippen LogP contribution in [0, 0.1) is 0 Å². The van der Waals surface area contributed by atoms with Crippen LogP contribution in [0.1, 0.15) is 13.8 Å². The number of benzene rings is 2. The third-order valence-electron chi connectivity index (χ3n) is 2.70. The zero-order valence-corrected chi connectivity index (χ0v) is 11.4. The van der Waals surface area contributed by atoms with Crippen LogP contribution in [0.4, 0.5) is 11.4 Å². The molecule has 0 radical (unpaired) electrons. The summed E-state index contributed by atoms with van der Waals surface area (Å²) < 4.78 is 5.64. The summed E-state index contributed by atoms with van der Waals surface area (Å²) in [7, 11) is 0. The second-order valence-electron chi connectivity index (χ2n) is 4.55. The van der Waals surface area contributed by atoms with E-state index in [1.807, 2.05) is 67.4 Å². The molecule has 19 heavy (non-hydrogen) atoms. The Morgan fingerprint density at radius 1 is 0.947 bits per heavy atom. The average Bonchev–Trinajstić information content (AvgIpc) is 2.42. The van der Waals surface area contributed by atoms with Crippen LogP contribution in [0.25, 0.3) is 0 Å². The molecule has 0 aliphatic rings. The van der Waals surface area contributed by atoms with E-state index < -0.39 is 0 Å². The summed E-state index contributed by atoms with van der Waals surface area (Å²) >= 11 is 0. The standard InChI is InChI=1S/C17H19NO/c1-4-18(15-8-6-5-7-9-15)16-10-12-17(13-11-16)19-14(2)3/h4-14H,1H2,2-3H3. The lowest BCUT2D eigenvalue weighted by Gasteiger charge is -2.20. The van der Waals surface area contributed by atoms with Gasteiger partial charge in [-0.1, -0.05) is 24.8 Å². The predicted octanol–water partition coefficient (Wildman–Crippen LogP) is 4.76. The Morgan fingerprint density at radius 3 is 2.05 bits per heavy atom. The van der Waals surface area contributed by atoms with E-state index in [1.54, 1.807) is 0 Å². The monoisotopic (exact) mass is 253 g/mol. The summed E-state index contributed by atoms with van der Waals surface area (Å²) in [5.41, 5.74) is 2.16. The van der Waals surface area contributed by atoms with Crippen LogP contribution in [0.3, 0.4) is 0 Å². The highest BCUT2D eigenvalue weighted by Gasteiger charge is 2.05. The Morgan fingerprint density at radius 2 is 1.53 bits per heavy atom. The fraction of sp³-hybridized carbons (Fsp3) is 0.176. The summed E-state index contributed by atoms with van der Waals surface area (Å²) in [4.78, 5) is 2.04. The molecule has 0 atom stereocenters. The van der Waals surface area contributed by atoms with Crippen molar-refractivity contribution in [1.29, 1.82) is 0 Å². The molecule has 0 fully saturated rings. The van der Waals surface area contributed by atoms with Crippen molar-refractivity contribution in [3.63, 3.8) is 0 Å². The molecule has 0 saturated heterocycles. The lowest BCUT2D eigenvalue weighted by molar-refractivity contribution is 0.242. The topological polar surface area (TPSA) is 12.5 Å². The van der Waals surface area contributed by atoms with Crippen molar-refractivity contribution >= 4 is 11.4 Å². The van der Waals surface area contributed by atoms with Crippen LogP contribution in [0.2, 0.25) is 0 Å². The Bertz CT molecular complexity index is 517. The summed E-state index contributed by atoms with van der Waals surface area (Å²) in [5.74, 6) is 0.885. The van der Waals surface area contributed by atoms with E-state index in [4.69, 9.17) is 4.74 Å². The molecular formula is C17H19NO. The number of nitrogens with zero attached hydrogens (tertiary/aromatic N) is 1. The molecule has 2 nitrogen and oxygen atoms in total. The van der Waals surface area contributed by atoms with E-state index >= 15 is 0 Å². The number of hydrogen-bond donors (Lipinski definition) is 0. The molecule has 0 amide bonds. The van der Waals surface area contributed by atoms with Crippen molar-refractivity contribution in [2.75, 3.05) is 4.90 Å². The van der Waals surface area contributed by atoms with Crippen LogP contribution < -0.4 is 9.64 Å². The average molecular weight is 253 g/mol. The summed E-state index contributed by atoms with van der Waals surface area (Å²) in [6.45, 7) is 7.92. The Kier molecular flexibility index (Phi) is 4.24. The largest absolute Gasteiger partial charge is 0.491 e. The van der Waals surface area contributed by atoms with Gasteiger partial charge in [0, 0.05) is 17.6 Å². The second-order valence-corrected chi connectivity index (χ2v) is 4.55. The minimum atomic E-state index is 0.190. The van der Waals surface area contributed by atoms with Gasteiger partial charge in [0.1, 0.15) is 5.75 Å². The summed E-state index contributed by atoms with van der Waals surface area (Å²) in [5, 5.41) is 0. The molecule has 0 aliphatic heterocycles. The second kappa shape index (κ2) is 6.10. The highest BCUT2D eigenvalue weighted by Crippen LogP contribution is 2.27. The number of rotatable bonds is 5. The molecule has 98 valence electrons. The Labute approximate surface area is 114 Å². The van der Waals surface area contributed by atoms with E-state index in [2.05, 4.69) is 18.7 Å². The zero-order chi connectivity index (χ0) is 13.7. The van der Waals surface area contributed by atoms with Crippen molar-refractivity contribution in [3.05, 3.63) is 67.4 Å². The van der Waals surface area contributed by atoms with Gasteiger partial charge in [-0.15, -0.1) is 0 Å². The van der Waals surface area contributed by atoms with Gasteiger partial charge in [-0.25, -0.2) is 0 Å². The molecule has 0 aromatic heterocycles. The van der Waals surface area contributed by atoms with Crippen molar-refractivity contribution in [2.24, 2.45) is 0 Å². The van der Waals surface area contributed by atoms with E-state index in [1.165, 1.54) is 0 Å². The third-order valence-corrected chi connectivity index (χ3v) is 2.70. The normalized spacial score (nSPS) is 10.3. The third kappa shape index (κ3) is 3.38. The highest BCUT2D eigenvalue weighted by atomic mass is 16.5. The van der Waals surface area contributed by atoms with Crippen LogP contribution >= 0.6 is 0 Å². The first-order chi connectivity index (χ1) is 9.20. The van der Waals surface area contributed by atoms with Gasteiger partial charge in [0.15, 0.2) is 0 Å². The van der Waals surface area contributed by atoms with Gasteiger partial charge >= 0.3 is 0 Å². The maximum absolute atomic E-state index is 5.64. The molecule has 2 aromatic carbocycles. The molecular weight excluding hydrogens is 234 g/mol. The molecule has 0 N–H and O–H groups in total. The highest BCUT2D eigenvalue weighted by molar-refractivity contribution is 5.66. The first-order valence-electron chi connectivity index (χ1n) is 6.44. The molecule has 0 unspecified atom stereocenters. The fourth-order valence-corrected chi connectivity index (χ4v) is 1.91. The van der Waals surface area contributed by atoms with Gasteiger partial charge in [-0.05, 0) is 50.2 Å². The van der Waals surface area contributed by atoms with Crippen molar-refractivity contribution in [1.82, 2.24) is 0 Å². The van der Waals surface area contributed by atoms with Gasteiger partial charge in [-0.2, -0.15) is 0 Å². The van der Waals surface area contributed by atoms with Crippen LogP contribution in [-0.4, -0.2) is 6.10 Å². The molecule has 0 spiro atoms. The Hall–Kier alpha value is -2.22. The molecule has 2 rings (SSSR count). The van der Waals surface area contributed by atoms with Gasteiger partial charge < -0.3 is 9.64 Å². The molecule has 0 aliphatic carbocycles. The minimum absolute atomic E-state index is 0.190. The smallest absolute Gasteiger partial charge is 0.119 e. The van der Waals surface area contributed by atoms with Crippen molar-refractivity contribution < 1.29 is 4.74 Å². The fourth-order valence-electron chi connectivity index (χ4n) is 1.91. The van der Waals surface area contributed by atoms with E-state index in [-0.39, 0.29) is 6.10 Å². The van der Waals surface area contributed by atoms with Crippen molar-refractivity contribution in [2.45, 2.75) is 20.0 Å². The molecule has 2 heteroatoms. The Balaban J connectivity index is 2.22. The van der Waals surface area contributed by atoms with E-state index in [0.29, 0.717) is 0 Å². The van der Waals surface area contributed by atoms with Gasteiger partial charge in [0.25, 0.3) is 0 Å². The first kappa shape index (κ1) is 13.2. The minimum Gasteiger partial charge on any atom is -0.491 e. The number of ether oxygens (including phenoxy) is 1. The van der Waals surface area contributed by atoms with Gasteiger partial charge in [0.05, 0.1) is 6.10 Å². The number of hydrogen-bond acceptors (Lipinski definition) is 2.